The van der Waals surface area contributed by atoms with E-state index in [0.717, 1.165) is 29.6 Å². The topological polar surface area (TPSA) is 59.5 Å². The number of hydrogen-bond acceptors (Lipinski definition) is 3. The maximum Gasteiger partial charge on any atom is 0.227 e. The summed E-state index contributed by atoms with van der Waals surface area (Å²) in [5.41, 5.74) is 6.58. The number of furan rings is 1. The minimum atomic E-state index is -0.105. The summed E-state index contributed by atoms with van der Waals surface area (Å²) in [5, 5.41) is 1.06. The molecule has 1 aromatic carbocycles. The molecule has 4 heteroatoms. The molecule has 2 N–H and O–H groups in total. The van der Waals surface area contributed by atoms with Gasteiger partial charge in [-0.15, -0.1) is 0 Å². The lowest BCUT2D eigenvalue weighted by Gasteiger charge is -2.27. The van der Waals surface area contributed by atoms with Crippen molar-refractivity contribution in [3.05, 3.63) is 36.1 Å². The predicted molar refractivity (Wildman–Crippen MR) is 84.9 cm³/mol. The van der Waals surface area contributed by atoms with E-state index in [1.165, 1.54) is 0 Å². The van der Waals surface area contributed by atoms with Crippen LogP contribution in [0.3, 0.4) is 0 Å². The van der Waals surface area contributed by atoms with Gasteiger partial charge in [0.2, 0.25) is 5.91 Å². The highest BCUT2D eigenvalue weighted by molar-refractivity contribution is 5.80. The Morgan fingerprint density at radius 1 is 1.38 bits per heavy atom. The Labute approximate surface area is 125 Å². The zero-order chi connectivity index (χ0) is 15.4. The van der Waals surface area contributed by atoms with Crippen molar-refractivity contribution in [2.75, 3.05) is 13.6 Å². The van der Waals surface area contributed by atoms with Crippen molar-refractivity contribution in [3.63, 3.8) is 0 Å². The Bertz CT molecular complexity index is 573. The number of benzene rings is 1. The van der Waals surface area contributed by atoms with E-state index >= 15 is 0 Å². The van der Waals surface area contributed by atoms with Crippen LogP contribution in [0, 0.1) is 5.92 Å². The highest BCUT2D eigenvalue weighted by Gasteiger charge is 2.25. The molecule has 0 saturated carbocycles. The number of para-hydroxylation sites is 1. The van der Waals surface area contributed by atoms with E-state index in [1.54, 1.807) is 4.90 Å². The van der Waals surface area contributed by atoms with E-state index in [1.807, 2.05) is 44.3 Å². The molecule has 1 aromatic heterocycles. The number of fused-ring (bicyclic) bond motifs is 1. The molecule has 0 saturated heterocycles. The summed E-state index contributed by atoms with van der Waals surface area (Å²) in [6, 6.07) is 9.77. The summed E-state index contributed by atoms with van der Waals surface area (Å²) in [7, 11) is 1.82. The molecule has 0 radical (unpaired) electrons. The highest BCUT2D eigenvalue weighted by atomic mass is 16.3. The van der Waals surface area contributed by atoms with E-state index in [0.29, 0.717) is 6.54 Å². The molecule has 0 fully saturated rings. The van der Waals surface area contributed by atoms with Gasteiger partial charge in [-0.1, -0.05) is 31.5 Å². The Hall–Kier alpha value is -1.81. The Morgan fingerprint density at radius 2 is 2.10 bits per heavy atom. The van der Waals surface area contributed by atoms with Gasteiger partial charge >= 0.3 is 0 Å². The van der Waals surface area contributed by atoms with Crippen LogP contribution in [0.2, 0.25) is 0 Å². The number of carbonyl (C=O) groups excluding carboxylic acids is 1. The lowest BCUT2D eigenvalue weighted by atomic mass is 10.0. The molecule has 114 valence electrons. The summed E-state index contributed by atoms with van der Waals surface area (Å²) in [6.07, 6.45) is 1.78. The number of nitrogens with two attached hydrogens (primary N) is 1. The fraction of sp³-hybridized carbons (Fsp3) is 0.471. The van der Waals surface area contributed by atoms with E-state index in [9.17, 15) is 4.79 Å². The molecular formula is C17H24N2O2. The molecule has 21 heavy (non-hydrogen) atoms. The van der Waals surface area contributed by atoms with Crippen LogP contribution in [0.1, 0.15) is 38.5 Å². The quantitative estimate of drug-likeness (QED) is 0.887. The van der Waals surface area contributed by atoms with Crippen molar-refractivity contribution in [2.24, 2.45) is 11.7 Å². The summed E-state index contributed by atoms with van der Waals surface area (Å²) in [5.74, 6) is 0.790. The van der Waals surface area contributed by atoms with E-state index < -0.39 is 0 Å². The zero-order valence-electron chi connectivity index (χ0n) is 13.0. The van der Waals surface area contributed by atoms with Gasteiger partial charge in [0.25, 0.3) is 0 Å². The summed E-state index contributed by atoms with van der Waals surface area (Å²) >= 11 is 0. The summed E-state index contributed by atoms with van der Waals surface area (Å²) in [4.78, 5) is 14.2. The Kier molecular flexibility index (Phi) is 5.02. The van der Waals surface area contributed by atoms with E-state index in [4.69, 9.17) is 10.2 Å². The van der Waals surface area contributed by atoms with Crippen LogP contribution < -0.4 is 5.73 Å². The third-order valence-corrected chi connectivity index (χ3v) is 4.06. The first-order valence-electron chi connectivity index (χ1n) is 7.53. The lowest BCUT2D eigenvalue weighted by molar-refractivity contribution is -0.136. The van der Waals surface area contributed by atoms with Crippen molar-refractivity contribution in [1.29, 1.82) is 0 Å². The number of carbonyl (C=O) groups is 1. The van der Waals surface area contributed by atoms with Crippen LogP contribution in [0.25, 0.3) is 11.0 Å². The molecule has 2 rings (SSSR count). The van der Waals surface area contributed by atoms with Crippen molar-refractivity contribution in [3.8, 4) is 0 Å². The number of rotatable bonds is 6. The highest BCUT2D eigenvalue weighted by Crippen LogP contribution is 2.27. The van der Waals surface area contributed by atoms with Gasteiger partial charge in [0.15, 0.2) is 0 Å². The minimum Gasteiger partial charge on any atom is -0.459 e. The molecule has 2 aromatic rings. The molecule has 2 unspecified atom stereocenters. The van der Waals surface area contributed by atoms with Crippen LogP contribution in [0.4, 0.5) is 0 Å². The monoisotopic (exact) mass is 288 g/mol. The van der Waals surface area contributed by atoms with E-state index in [2.05, 4.69) is 6.92 Å². The largest absolute Gasteiger partial charge is 0.459 e. The Morgan fingerprint density at radius 3 is 2.71 bits per heavy atom. The van der Waals surface area contributed by atoms with E-state index in [-0.39, 0.29) is 17.9 Å². The second-order valence-electron chi connectivity index (χ2n) is 5.53. The molecule has 0 aliphatic rings. The van der Waals surface area contributed by atoms with Gasteiger partial charge in [-0.05, 0) is 25.5 Å². The second kappa shape index (κ2) is 6.76. The number of amides is 1. The molecule has 0 aliphatic heterocycles. The molecular weight excluding hydrogens is 264 g/mol. The van der Waals surface area contributed by atoms with Gasteiger partial charge in [0.1, 0.15) is 11.3 Å². The van der Waals surface area contributed by atoms with Gasteiger partial charge in [0, 0.05) is 19.0 Å². The van der Waals surface area contributed by atoms with Crippen LogP contribution in [0.5, 0.6) is 0 Å². The first kappa shape index (κ1) is 15.6. The smallest absolute Gasteiger partial charge is 0.227 e. The molecule has 0 aliphatic carbocycles. The average Bonchev–Trinajstić information content (AvgIpc) is 2.94. The Balaban J connectivity index is 2.17. The molecule has 2 atom stereocenters. The third kappa shape index (κ3) is 3.27. The average molecular weight is 288 g/mol. The van der Waals surface area contributed by atoms with Crippen LogP contribution in [0.15, 0.2) is 34.7 Å². The maximum atomic E-state index is 12.5. The van der Waals surface area contributed by atoms with Crippen molar-refractivity contribution in [1.82, 2.24) is 4.90 Å². The number of nitrogens with zero attached hydrogens (tertiary/aromatic N) is 1. The molecule has 1 amide bonds. The predicted octanol–water partition coefficient (Wildman–Crippen LogP) is 3.33. The zero-order valence-corrected chi connectivity index (χ0v) is 13.0. The standard InChI is InChI=1S/C17H24N2O2/c1-4-7-14(11-18)17(20)19(3)12(2)16-10-13-8-5-6-9-15(13)21-16/h5-6,8-10,12,14H,4,7,11,18H2,1-3H3. The van der Waals surface area contributed by atoms with Crippen molar-refractivity contribution in [2.45, 2.75) is 32.7 Å². The fourth-order valence-corrected chi connectivity index (χ4v) is 2.57. The molecule has 1 heterocycles. The lowest BCUT2D eigenvalue weighted by Crippen LogP contribution is -2.38. The fourth-order valence-electron chi connectivity index (χ4n) is 2.57. The minimum absolute atomic E-state index is 0.0901. The van der Waals surface area contributed by atoms with Crippen molar-refractivity contribution < 1.29 is 9.21 Å². The van der Waals surface area contributed by atoms with Crippen molar-refractivity contribution >= 4 is 16.9 Å². The third-order valence-electron chi connectivity index (χ3n) is 4.06. The van der Waals surface area contributed by atoms with Gasteiger partial charge < -0.3 is 15.1 Å². The van der Waals surface area contributed by atoms with Gasteiger partial charge in [-0.25, -0.2) is 0 Å². The van der Waals surface area contributed by atoms with Crippen LogP contribution >= 0.6 is 0 Å². The van der Waals surface area contributed by atoms with Gasteiger partial charge in [0.05, 0.1) is 12.0 Å². The maximum absolute atomic E-state index is 12.5. The number of hydrogen-bond donors (Lipinski definition) is 1. The second-order valence-corrected chi connectivity index (χ2v) is 5.53. The van der Waals surface area contributed by atoms with Crippen LogP contribution in [-0.4, -0.2) is 24.4 Å². The van der Waals surface area contributed by atoms with Gasteiger partial charge in [-0.3, -0.25) is 4.79 Å². The molecule has 0 spiro atoms. The summed E-state index contributed by atoms with van der Waals surface area (Å²) < 4.78 is 5.85. The molecule has 0 bridgehead atoms. The normalized spacial score (nSPS) is 14.1. The van der Waals surface area contributed by atoms with Crippen LogP contribution in [-0.2, 0) is 4.79 Å². The SMILES string of the molecule is CCCC(CN)C(=O)N(C)C(C)c1cc2ccccc2o1. The first-order chi connectivity index (χ1) is 10.1. The summed E-state index contributed by atoms with van der Waals surface area (Å²) in [6.45, 7) is 4.44. The molecule has 4 nitrogen and oxygen atoms in total. The first-order valence-corrected chi connectivity index (χ1v) is 7.53. The van der Waals surface area contributed by atoms with Gasteiger partial charge in [-0.2, -0.15) is 0 Å².